The van der Waals surface area contributed by atoms with Crippen molar-refractivity contribution in [1.82, 2.24) is 10.5 Å². The van der Waals surface area contributed by atoms with E-state index in [1.807, 2.05) is 13.0 Å². The summed E-state index contributed by atoms with van der Waals surface area (Å²) < 4.78 is 5.21. The van der Waals surface area contributed by atoms with Crippen molar-refractivity contribution in [2.45, 2.75) is 25.7 Å². The molecule has 1 aromatic heterocycles. The summed E-state index contributed by atoms with van der Waals surface area (Å²) in [6, 6.07) is 2.04. The van der Waals surface area contributed by atoms with Crippen LogP contribution in [0.15, 0.2) is 10.6 Å². The highest BCUT2D eigenvalue weighted by atomic mass is 16.5. The Balaban J connectivity index is 2.08. The van der Waals surface area contributed by atoms with Crippen molar-refractivity contribution in [3.63, 3.8) is 0 Å². The van der Waals surface area contributed by atoms with Crippen LogP contribution in [0.3, 0.4) is 0 Å². The third-order valence-corrected chi connectivity index (χ3v) is 2.35. The molecular formula is C9H14N2O. The van der Waals surface area contributed by atoms with Crippen molar-refractivity contribution in [2.24, 2.45) is 0 Å². The van der Waals surface area contributed by atoms with Crippen LogP contribution >= 0.6 is 0 Å². The Morgan fingerprint density at radius 1 is 1.67 bits per heavy atom. The maximum absolute atomic E-state index is 5.21. The first kappa shape index (κ1) is 7.80. The van der Waals surface area contributed by atoms with Crippen molar-refractivity contribution in [1.29, 1.82) is 0 Å². The van der Waals surface area contributed by atoms with Crippen molar-refractivity contribution in [2.75, 3.05) is 13.1 Å². The van der Waals surface area contributed by atoms with Crippen LogP contribution in [0.2, 0.25) is 0 Å². The first-order valence-corrected chi connectivity index (χ1v) is 4.50. The molecule has 3 heteroatoms. The summed E-state index contributed by atoms with van der Waals surface area (Å²) in [6.07, 6.45) is 2.46. The lowest BCUT2D eigenvalue weighted by molar-refractivity contribution is 0.327. The van der Waals surface area contributed by atoms with E-state index in [9.17, 15) is 0 Å². The predicted octanol–water partition coefficient (Wildman–Crippen LogP) is 1.45. The van der Waals surface area contributed by atoms with E-state index in [0.29, 0.717) is 5.92 Å². The van der Waals surface area contributed by atoms with Gasteiger partial charge in [-0.1, -0.05) is 5.16 Å². The summed E-state index contributed by atoms with van der Waals surface area (Å²) in [5, 5.41) is 7.24. The molecule has 1 aliphatic rings. The lowest BCUT2D eigenvalue weighted by atomic mass is 9.97. The van der Waals surface area contributed by atoms with Gasteiger partial charge in [0.15, 0.2) is 0 Å². The number of hydrogen-bond donors (Lipinski definition) is 1. The molecule has 2 rings (SSSR count). The fourth-order valence-electron chi connectivity index (χ4n) is 1.67. The zero-order valence-electron chi connectivity index (χ0n) is 7.34. The summed E-state index contributed by atoms with van der Waals surface area (Å²) in [5.74, 6) is 1.58. The average molecular weight is 166 g/mol. The minimum atomic E-state index is 0.542. The second-order valence-electron chi connectivity index (χ2n) is 3.41. The molecule has 0 bridgehead atoms. The van der Waals surface area contributed by atoms with Gasteiger partial charge in [0.2, 0.25) is 0 Å². The molecule has 66 valence electrons. The highest BCUT2D eigenvalue weighted by Gasteiger charge is 2.18. The molecule has 3 nitrogen and oxygen atoms in total. The molecule has 0 radical (unpaired) electrons. The van der Waals surface area contributed by atoms with Gasteiger partial charge in [-0.3, -0.25) is 0 Å². The lowest BCUT2D eigenvalue weighted by Gasteiger charge is -2.19. The van der Waals surface area contributed by atoms with E-state index in [-0.39, 0.29) is 0 Å². The third kappa shape index (κ3) is 1.50. The fraction of sp³-hybridized carbons (Fsp3) is 0.667. The molecule has 0 aliphatic carbocycles. The smallest absolute Gasteiger partial charge is 0.141 e. The molecule has 0 amide bonds. The first-order valence-electron chi connectivity index (χ1n) is 4.50. The van der Waals surface area contributed by atoms with Crippen molar-refractivity contribution in [3.8, 4) is 0 Å². The largest absolute Gasteiger partial charge is 0.361 e. The van der Waals surface area contributed by atoms with Crippen LogP contribution in [0.5, 0.6) is 0 Å². The Bertz CT molecular complexity index is 251. The van der Waals surface area contributed by atoms with Crippen LogP contribution in [0.1, 0.15) is 30.2 Å². The molecule has 1 N–H and O–H groups in total. The second kappa shape index (κ2) is 3.27. The molecule has 2 heterocycles. The maximum Gasteiger partial charge on any atom is 0.141 e. The van der Waals surface area contributed by atoms with Crippen LogP contribution < -0.4 is 5.32 Å². The van der Waals surface area contributed by atoms with E-state index < -0.39 is 0 Å². The first-order chi connectivity index (χ1) is 5.86. The monoisotopic (exact) mass is 166 g/mol. The Labute approximate surface area is 72.1 Å². The summed E-state index contributed by atoms with van der Waals surface area (Å²) in [7, 11) is 0. The average Bonchev–Trinajstić information content (AvgIpc) is 2.54. The highest BCUT2D eigenvalue weighted by molar-refractivity contribution is 5.09. The SMILES string of the molecule is Cc1cc([C@@H]2CCCNC2)on1. The second-order valence-corrected chi connectivity index (χ2v) is 3.41. The molecule has 0 aromatic carbocycles. The minimum absolute atomic E-state index is 0.542. The number of hydrogen-bond acceptors (Lipinski definition) is 3. The summed E-state index contributed by atoms with van der Waals surface area (Å²) in [5.41, 5.74) is 0.982. The zero-order chi connectivity index (χ0) is 8.39. The van der Waals surface area contributed by atoms with Crippen LogP contribution in [0, 0.1) is 6.92 Å². The van der Waals surface area contributed by atoms with Crippen LogP contribution in [0.25, 0.3) is 0 Å². The Kier molecular flexibility index (Phi) is 2.13. The molecule has 1 atom stereocenters. The zero-order valence-corrected chi connectivity index (χ0v) is 7.34. The Hall–Kier alpha value is -0.830. The van der Waals surface area contributed by atoms with Gasteiger partial charge >= 0.3 is 0 Å². The molecule has 1 saturated heterocycles. The molecule has 0 spiro atoms. The molecular weight excluding hydrogens is 152 g/mol. The summed E-state index contributed by atoms with van der Waals surface area (Å²) in [6.45, 7) is 4.14. The standard InChI is InChI=1S/C9H14N2O/c1-7-5-9(12-11-7)8-3-2-4-10-6-8/h5,8,10H,2-4,6H2,1H3/t8-/m1/s1. The Morgan fingerprint density at radius 3 is 3.17 bits per heavy atom. The number of nitrogens with one attached hydrogen (secondary N) is 1. The van der Waals surface area contributed by atoms with Crippen molar-refractivity contribution >= 4 is 0 Å². The minimum Gasteiger partial charge on any atom is -0.361 e. The van der Waals surface area contributed by atoms with Crippen LogP contribution in [-0.2, 0) is 0 Å². The van der Waals surface area contributed by atoms with Crippen molar-refractivity contribution in [3.05, 3.63) is 17.5 Å². The number of aromatic nitrogens is 1. The van der Waals surface area contributed by atoms with Gasteiger partial charge in [-0.2, -0.15) is 0 Å². The molecule has 0 saturated carbocycles. The number of rotatable bonds is 1. The van der Waals surface area contributed by atoms with Crippen LogP contribution in [-0.4, -0.2) is 18.2 Å². The predicted molar refractivity (Wildman–Crippen MR) is 46.1 cm³/mol. The van der Waals surface area contributed by atoms with Gasteiger partial charge in [-0.15, -0.1) is 0 Å². The quantitative estimate of drug-likeness (QED) is 0.686. The van der Waals surface area contributed by atoms with Crippen LogP contribution in [0.4, 0.5) is 0 Å². The highest BCUT2D eigenvalue weighted by Crippen LogP contribution is 2.23. The molecule has 1 aromatic rings. The van der Waals surface area contributed by atoms with E-state index in [1.165, 1.54) is 12.8 Å². The molecule has 1 fully saturated rings. The maximum atomic E-state index is 5.21. The van der Waals surface area contributed by atoms with E-state index in [1.54, 1.807) is 0 Å². The number of nitrogens with zero attached hydrogens (tertiary/aromatic N) is 1. The summed E-state index contributed by atoms with van der Waals surface area (Å²) in [4.78, 5) is 0. The van der Waals surface area contributed by atoms with Gasteiger partial charge in [0.25, 0.3) is 0 Å². The van der Waals surface area contributed by atoms with Gasteiger partial charge in [-0.05, 0) is 26.3 Å². The number of piperidine rings is 1. The fourth-order valence-corrected chi connectivity index (χ4v) is 1.67. The van der Waals surface area contributed by atoms with Gasteiger partial charge in [0.05, 0.1) is 5.69 Å². The van der Waals surface area contributed by atoms with Gasteiger partial charge in [-0.25, -0.2) is 0 Å². The van der Waals surface area contributed by atoms with Crippen molar-refractivity contribution < 1.29 is 4.52 Å². The topological polar surface area (TPSA) is 38.1 Å². The van der Waals surface area contributed by atoms with Gasteiger partial charge in [0, 0.05) is 18.5 Å². The Morgan fingerprint density at radius 2 is 2.58 bits per heavy atom. The van der Waals surface area contributed by atoms with Gasteiger partial charge < -0.3 is 9.84 Å². The van der Waals surface area contributed by atoms with E-state index in [4.69, 9.17) is 4.52 Å². The number of aryl methyl sites for hydroxylation is 1. The normalized spacial score (nSPS) is 24.2. The van der Waals surface area contributed by atoms with Gasteiger partial charge in [0.1, 0.15) is 5.76 Å². The molecule has 12 heavy (non-hydrogen) atoms. The summed E-state index contributed by atoms with van der Waals surface area (Å²) >= 11 is 0. The van der Waals surface area contributed by atoms with E-state index in [2.05, 4.69) is 10.5 Å². The van der Waals surface area contributed by atoms with E-state index >= 15 is 0 Å². The lowest BCUT2D eigenvalue weighted by Crippen LogP contribution is -2.28. The van der Waals surface area contributed by atoms with E-state index in [0.717, 1.165) is 24.5 Å². The third-order valence-electron chi connectivity index (χ3n) is 2.35. The molecule has 0 unspecified atom stereocenters. The molecule has 1 aliphatic heterocycles.